The predicted molar refractivity (Wildman–Crippen MR) is 111 cm³/mol. The minimum absolute atomic E-state index is 0.0424. The number of aromatic nitrogens is 1. The lowest BCUT2D eigenvalue weighted by Gasteiger charge is -2.31. The predicted octanol–water partition coefficient (Wildman–Crippen LogP) is 0.932. The van der Waals surface area contributed by atoms with Crippen molar-refractivity contribution in [1.29, 1.82) is 0 Å². The van der Waals surface area contributed by atoms with Gasteiger partial charge in [0.05, 0.1) is 30.1 Å². The van der Waals surface area contributed by atoms with Crippen LogP contribution >= 0.6 is 0 Å². The molecule has 2 heterocycles. The number of carbonyl (C=O) groups excluding carboxylic acids is 1. The summed E-state index contributed by atoms with van der Waals surface area (Å²) >= 11 is 0. The molecule has 1 aromatic heterocycles. The van der Waals surface area contributed by atoms with Gasteiger partial charge in [-0.25, -0.2) is 17.5 Å². The largest absolute Gasteiger partial charge is 0.394 e. The molecule has 3 rings (SSSR count). The van der Waals surface area contributed by atoms with Gasteiger partial charge in [-0.3, -0.25) is 9.78 Å². The maximum Gasteiger partial charge on any atom is 0.241 e. The number of aliphatic hydroxyl groups excluding tert-OH is 1. The fourth-order valence-corrected chi connectivity index (χ4v) is 4.34. The molecule has 3 atom stereocenters. The molecular weight excluding hydrogens is 425 g/mol. The zero-order valence-electron chi connectivity index (χ0n) is 16.6. The molecule has 0 fully saturated rings. The number of halogens is 1. The van der Waals surface area contributed by atoms with E-state index in [0.717, 1.165) is 29.8 Å². The van der Waals surface area contributed by atoms with Gasteiger partial charge in [-0.05, 0) is 48.4 Å². The van der Waals surface area contributed by atoms with Gasteiger partial charge >= 0.3 is 0 Å². The van der Waals surface area contributed by atoms with Gasteiger partial charge in [0, 0.05) is 18.9 Å². The lowest BCUT2D eigenvalue weighted by Crippen LogP contribution is -2.49. The lowest BCUT2D eigenvalue weighted by atomic mass is 10.1. The monoisotopic (exact) mass is 449 g/mol. The molecule has 0 saturated carbocycles. The van der Waals surface area contributed by atoms with Crippen molar-refractivity contribution in [3.8, 4) is 0 Å². The van der Waals surface area contributed by atoms with E-state index in [0.29, 0.717) is 13.0 Å². The number of hydrogen-bond acceptors (Lipinski definition) is 6. The normalized spacial score (nSPS) is 21.0. The van der Waals surface area contributed by atoms with E-state index in [2.05, 4.69) is 15.0 Å². The summed E-state index contributed by atoms with van der Waals surface area (Å²) in [4.78, 5) is 16.0. The summed E-state index contributed by atoms with van der Waals surface area (Å²) in [5.41, 5.74) is 1.06. The van der Waals surface area contributed by atoms with Crippen LogP contribution in [0.5, 0.6) is 0 Å². The van der Waals surface area contributed by atoms with Crippen LogP contribution in [0.4, 0.5) is 4.39 Å². The van der Waals surface area contributed by atoms with Crippen molar-refractivity contribution >= 4 is 15.9 Å². The first-order valence-electron chi connectivity index (χ1n) is 9.75. The fraction of sp³-hybridized carbons (Fsp3) is 0.333. The standard InChI is InChI=1S/C21H24FN3O5S/c22-16-1-4-18(5-2-16)31(28,29)25-19-6-3-17(30-20(19)14-26)13-21(27)24-12-9-15-7-10-23-11-8-15/h1-8,10-11,17,19-20,25-26H,9,12-14H2,(H,24,27)/t17-,19+,20+/m0/s1. The van der Waals surface area contributed by atoms with Crippen molar-refractivity contribution in [2.75, 3.05) is 13.2 Å². The highest BCUT2D eigenvalue weighted by Gasteiger charge is 2.31. The molecule has 0 spiro atoms. The number of nitrogens with one attached hydrogen (secondary N) is 2. The van der Waals surface area contributed by atoms with Crippen molar-refractivity contribution in [1.82, 2.24) is 15.0 Å². The number of amides is 1. The van der Waals surface area contributed by atoms with Crippen molar-refractivity contribution in [2.24, 2.45) is 0 Å². The van der Waals surface area contributed by atoms with Gasteiger partial charge in [-0.15, -0.1) is 0 Å². The summed E-state index contributed by atoms with van der Waals surface area (Å²) in [5, 5.41) is 12.4. The van der Waals surface area contributed by atoms with E-state index >= 15 is 0 Å². The third-order valence-corrected chi connectivity index (χ3v) is 6.23. The van der Waals surface area contributed by atoms with Gasteiger partial charge in [0.1, 0.15) is 11.9 Å². The molecule has 166 valence electrons. The molecule has 1 aliphatic heterocycles. The molecule has 31 heavy (non-hydrogen) atoms. The minimum atomic E-state index is -3.94. The highest BCUT2D eigenvalue weighted by Crippen LogP contribution is 2.18. The summed E-state index contributed by atoms with van der Waals surface area (Å²) in [6.45, 7) is 0.0178. The number of ether oxygens (including phenoxy) is 1. The maximum atomic E-state index is 13.0. The van der Waals surface area contributed by atoms with Crippen LogP contribution < -0.4 is 10.0 Å². The van der Waals surface area contributed by atoms with Crippen LogP contribution in [-0.4, -0.2) is 55.8 Å². The van der Waals surface area contributed by atoms with E-state index in [9.17, 15) is 22.7 Å². The smallest absolute Gasteiger partial charge is 0.241 e. The maximum absolute atomic E-state index is 13.0. The quantitative estimate of drug-likeness (QED) is 0.491. The summed E-state index contributed by atoms with van der Waals surface area (Å²) in [5.74, 6) is -0.763. The van der Waals surface area contributed by atoms with Crippen LogP contribution in [0.1, 0.15) is 12.0 Å². The van der Waals surface area contributed by atoms with E-state index in [4.69, 9.17) is 4.74 Å². The third-order valence-electron chi connectivity index (χ3n) is 4.75. The number of carbonyl (C=O) groups is 1. The number of hydrogen-bond donors (Lipinski definition) is 3. The number of rotatable bonds is 9. The number of aliphatic hydroxyl groups is 1. The van der Waals surface area contributed by atoms with Gasteiger partial charge in [-0.1, -0.05) is 12.2 Å². The topological polar surface area (TPSA) is 118 Å². The molecule has 1 aromatic carbocycles. The molecule has 0 aliphatic carbocycles. The van der Waals surface area contributed by atoms with E-state index < -0.39 is 40.7 Å². The highest BCUT2D eigenvalue weighted by atomic mass is 32.2. The number of nitrogens with zero attached hydrogens (tertiary/aromatic N) is 1. The summed E-state index contributed by atoms with van der Waals surface area (Å²) < 4.78 is 46.2. The zero-order valence-corrected chi connectivity index (χ0v) is 17.5. The first-order chi connectivity index (χ1) is 14.9. The van der Waals surface area contributed by atoms with Crippen molar-refractivity contribution in [3.05, 3.63) is 72.3 Å². The lowest BCUT2D eigenvalue weighted by molar-refractivity contribution is -0.125. The van der Waals surface area contributed by atoms with Crippen LogP contribution in [0.2, 0.25) is 0 Å². The average molecular weight is 450 g/mol. The van der Waals surface area contributed by atoms with E-state index in [1.165, 1.54) is 0 Å². The number of pyridine rings is 1. The Balaban J connectivity index is 1.53. The molecular formula is C21H24FN3O5S. The van der Waals surface area contributed by atoms with Crippen LogP contribution in [-0.2, 0) is 26.0 Å². The van der Waals surface area contributed by atoms with Crippen LogP contribution in [0.25, 0.3) is 0 Å². The average Bonchev–Trinajstić information content (AvgIpc) is 2.75. The molecule has 0 radical (unpaired) electrons. The minimum Gasteiger partial charge on any atom is -0.394 e. The highest BCUT2D eigenvalue weighted by molar-refractivity contribution is 7.89. The molecule has 0 unspecified atom stereocenters. The van der Waals surface area contributed by atoms with E-state index in [-0.39, 0.29) is 17.2 Å². The zero-order chi connectivity index (χ0) is 22.3. The third kappa shape index (κ3) is 6.66. The number of benzene rings is 1. The van der Waals surface area contributed by atoms with Gasteiger partial charge < -0.3 is 15.2 Å². The second kappa shape index (κ2) is 10.6. The first kappa shape index (κ1) is 23.0. The Kier molecular flexibility index (Phi) is 7.85. The molecule has 0 saturated heterocycles. The molecule has 8 nitrogen and oxygen atoms in total. The van der Waals surface area contributed by atoms with Gasteiger partial charge in [0.2, 0.25) is 15.9 Å². The first-order valence-corrected chi connectivity index (χ1v) is 11.2. The Morgan fingerprint density at radius 1 is 1.13 bits per heavy atom. The Hall–Kier alpha value is -2.66. The summed E-state index contributed by atoms with van der Waals surface area (Å²) in [7, 11) is -3.94. The van der Waals surface area contributed by atoms with Gasteiger partial charge in [0.15, 0.2) is 0 Å². The van der Waals surface area contributed by atoms with Crippen LogP contribution in [0.15, 0.2) is 65.8 Å². The molecule has 1 amide bonds. The fourth-order valence-electron chi connectivity index (χ4n) is 3.12. The molecule has 1 aliphatic rings. The second-order valence-electron chi connectivity index (χ2n) is 7.04. The van der Waals surface area contributed by atoms with Crippen molar-refractivity contribution in [2.45, 2.75) is 36.0 Å². The Labute approximate surface area is 180 Å². The molecule has 2 aromatic rings. The second-order valence-corrected chi connectivity index (χ2v) is 8.75. The van der Waals surface area contributed by atoms with Crippen molar-refractivity contribution < 1.29 is 27.4 Å². The van der Waals surface area contributed by atoms with Crippen molar-refractivity contribution in [3.63, 3.8) is 0 Å². The number of sulfonamides is 1. The Bertz CT molecular complexity index is 999. The Morgan fingerprint density at radius 2 is 1.84 bits per heavy atom. The Morgan fingerprint density at radius 3 is 2.52 bits per heavy atom. The SMILES string of the molecule is O=C(C[C@@H]1C=C[C@@H](NS(=O)(=O)c2ccc(F)cc2)[C@@H](CO)O1)NCCc1ccncc1. The molecule has 10 heteroatoms. The van der Waals surface area contributed by atoms with Crippen LogP contribution in [0, 0.1) is 5.82 Å². The molecule has 3 N–H and O–H groups in total. The van der Waals surface area contributed by atoms with Gasteiger partial charge in [0.25, 0.3) is 0 Å². The van der Waals surface area contributed by atoms with Gasteiger partial charge in [-0.2, -0.15) is 0 Å². The molecule has 0 bridgehead atoms. The van der Waals surface area contributed by atoms with Crippen LogP contribution in [0.3, 0.4) is 0 Å². The van der Waals surface area contributed by atoms with E-state index in [1.807, 2.05) is 12.1 Å². The summed E-state index contributed by atoms with van der Waals surface area (Å²) in [6.07, 6.45) is 5.77. The van der Waals surface area contributed by atoms with E-state index in [1.54, 1.807) is 24.5 Å². The summed E-state index contributed by atoms with van der Waals surface area (Å²) in [6, 6.07) is 7.32.